The molecule has 0 spiro atoms. The van der Waals surface area contributed by atoms with E-state index in [-0.39, 0.29) is 10.6 Å². The molecule has 158 valence electrons. The van der Waals surface area contributed by atoms with Gasteiger partial charge in [0, 0.05) is 12.2 Å². The van der Waals surface area contributed by atoms with Gasteiger partial charge in [-0.25, -0.2) is 16.8 Å². The third-order valence-corrected chi connectivity index (χ3v) is 8.74. The van der Waals surface area contributed by atoms with Crippen molar-refractivity contribution in [3.63, 3.8) is 0 Å². The Balaban J connectivity index is 1.93. The average molecular weight is 437 g/mol. The van der Waals surface area contributed by atoms with Crippen molar-refractivity contribution in [1.29, 1.82) is 0 Å². The molecule has 0 unspecified atom stereocenters. The number of rotatable bonds is 5. The molecule has 1 aliphatic heterocycles. The second-order valence-electron chi connectivity index (χ2n) is 7.89. The summed E-state index contributed by atoms with van der Waals surface area (Å²) < 4.78 is 54.9. The van der Waals surface area contributed by atoms with Gasteiger partial charge in [0.25, 0.3) is 10.0 Å². The van der Waals surface area contributed by atoms with E-state index in [1.807, 2.05) is 12.1 Å². The van der Waals surface area contributed by atoms with E-state index in [2.05, 4.69) is 18.6 Å². The molecule has 8 heteroatoms. The molecule has 1 fully saturated rings. The Morgan fingerprint density at radius 3 is 2.10 bits per heavy atom. The molecule has 1 saturated heterocycles. The minimum absolute atomic E-state index is 0.124. The monoisotopic (exact) mass is 436 g/mol. The number of aryl methyl sites for hydroxylation is 2. The average Bonchev–Trinajstić information content (AvgIpc) is 2.60. The van der Waals surface area contributed by atoms with Gasteiger partial charge in [0.15, 0.2) is 0 Å². The molecule has 1 N–H and O–H groups in total. The van der Waals surface area contributed by atoms with E-state index in [0.717, 1.165) is 12.0 Å². The molecule has 2 aromatic carbocycles. The summed E-state index contributed by atoms with van der Waals surface area (Å²) in [5, 5.41) is 0. The lowest BCUT2D eigenvalue weighted by molar-refractivity contribution is 0.574. The molecule has 0 atom stereocenters. The Hall–Kier alpha value is -2.06. The van der Waals surface area contributed by atoms with Crippen LogP contribution in [-0.4, -0.2) is 29.1 Å². The van der Waals surface area contributed by atoms with Crippen LogP contribution in [0.3, 0.4) is 0 Å². The van der Waals surface area contributed by atoms with E-state index >= 15 is 0 Å². The lowest BCUT2D eigenvalue weighted by atomic mass is 10.0. The predicted molar refractivity (Wildman–Crippen MR) is 118 cm³/mol. The quantitative estimate of drug-likeness (QED) is 0.763. The summed E-state index contributed by atoms with van der Waals surface area (Å²) in [6.45, 7) is 7.98. The van der Waals surface area contributed by atoms with Crippen molar-refractivity contribution in [2.24, 2.45) is 0 Å². The van der Waals surface area contributed by atoms with Crippen LogP contribution >= 0.6 is 0 Å². The zero-order chi connectivity index (χ0) is 21.4. The van der Waals surface area contributed by atoms with Crippen LogP contribution in [0, 0.1) is 13.8 Å². The number of hydrogen-bond acceptors (Lipinski definition) is 4. The third-order valence-electron chi connectivity index (χ3n) is 5.18. The smallest absolute Gasteiger partial charge is 0.262 e. The first-order valence-corrected chi connectivity index (χ1v) is 12.8. The molecule has 0 saturated carbocycles. The lowest BCUT2D eigenvalue weighted by Crippen LogP contribution is -2.38. The van der Waals surface area contributed by atoms with Gasteiger partial charge < -0.3 is 0 Å². The van der Waals surface area contributed by atoms with E-state index in [4.69, 9.17) is 0 Å². The van der Waals surface area contributed by atoms with Crippen molar-refractivity contribution in [3.05, 3.63) is 53.1 Å². The van der Waals surface area contributed by atoms with Gasteiger partial charge in [-0.15, -0.1) is 0 Å². The fraction of sp³-hybridized carbons (Fsp3) is 0.429. The number of hydrogen-bond donors (Lipinski definition) is 1. The molecule has 1 heterocycles. The van der Waals surface area contributed by atoms with Crippen molar-refractivity contribution in [2.75, 3.05) is 21.3 Å². The van der Waals surface area contributed by atoms with Crippen molar-refractivity contribution in [2.45, 2.75) is 51.3 Å². The maximum atomic E-state index is 13.0. The van der Waals surface area contributed by atoms with Gasteiger partial charge in [0.2, 0.25) is 10.0 Å². The van der Waals surface area contributed by atoms with Crippen LogP contribution in [0.2, 0.25) is 0 Å². The Bertz CT molecular complexity index is 1080. The Morgan fingerprint density at radius 1 is 1.00 bits per heavy atom. The zero-order valence-corrected chi connectivity index (χ0v) is 18.9. The topological polar surface area (TPSA) is 83.6 Å². The normalized spacial score (nSPS) is 16.8. The number of sulfonamides is 2. The van der Waals surface area contributed by atoms with Crippen LogP contribution in [-0.2, 0) is 20.0 Å². The molecule has 3 rings (SSSR count). The lowest BCUT2D eigenvalue weighted by Gasteiger charge is -2.29. The van der Waals surface area contributed by atoms with Crippen LogP contribution in [0.25, 0.3) is 0 Å². The minimum atomic E-state index is -3.80. The molecule has 0 amide bonds. The van der Waals surface area contributed by atoms with Crippen molar-refractivity contribution >= 4 is 31.4 Å². The van der Waals surface area contributed by atoms with Crippen LogP contribution in [0.5, 0.6) is 0 Å². The first kappa shape index (κ1) is 21.6. The van der Waals surface area contributed by atoms with Crippen LogP contribution < -0.4 is 9.03 Å². The Morgan fingerprint density at radius 2 is 1.59 bits per heavy atom. The van der Waals surface area contributed by atoms with Crippen molar-refractivity contribution in [1.82, 2.24) is 0 Å². The van der Waals surface area contributed by atoms with E-state index in [9.17, 15) is 16.8 Å². The summed E-state index contributed by atoms with van der Waals surface area (Å²) in [4.78, 5) is 0.184. The van der Waals surface area contributed by atoms with Crippen LogP contribution in [0.4, 0.5) is 11.4 Å². The van der Waals surface area contributed by atoms with Gasteiger partial charge in [-0.1, -0.05) is 26.0 Å². The SMILES string of the molecule is Cc1cc(N2CCCCS2(=O)=O)cc(C)c1S(=O)(=O)Nc1ccc(C(C)C)cc1. The van der Waals surface area contributed by atoms with Gasteiger partial charge >= 0.3 is 0 Å². The van der Waals surface area contributed by atoms with Crippen molar-refractivity contribution in [3.8, 4) is 0 Å². The fourth-order valence-corrected chi connectivity index (χ4v) is 6.85. The minimum Gasteiger partial charge on any atom is -0.280 e. The highest BCUT2D eigenvalue weighted by molar-refractivity contribution is 7.93. The molecule has 1 aliphatic rings. The summed E-state index contributed by atoms with van der Waals surface area (Å²) in [5.41, 5.74) is 3.20. The molecular formula is C21H28N2O4S2. The Labute approximate surface area is 174 Å². The highest BCUT2D eigenvalue weighted by Crippen LogP contribution is 2.31. The highest BCUT2D eigenvalue weighted by Gasteiger charge is 2.28. The van der Waals surface area contributed by atoms with Crippen molar-refractivity contribution < 1.29 is 16.8 Å². The zero-order valence-electron chi connectivity index (χ0n) is 17.3. The van der Waals surface area contributed by atoms with Crippen LogP contribution in [0.15, 0.2) is 41.3 Å². The third kappa shape index (κ3) is 4.59. The summed E-state index contributed by atoms with van der Waals surface area (Å²) in [6, 6.07) is 10.6. The molecular weight excluding hydrogens is 408 g/mol. The van der Waals surface area contributed by atoms with E-state index < -0.39 is 20.0 Å². The molecule has 0 radical (unpaired) electrons. The molecule has 0 aliphatic carbocycles. The largest absolute Gasteiger partial charge is 0.280 e. The maximum Gasteiger partial charge on any atom is 0.262 e. The van der Waals surface area contributed by atoms with Gasteiger partial charge in [-0.05, 0) is 73.6 Å². The number of benzene rings is 2. The Kier molecular flexibility index (Phi) is 5.96. The first-order valence-electron chi connectivity index (χ1n) is 9.76. The van der Waals surface area contributed by atoms with E-state index in [0.29, 0.717) is 41.4 Å². The highest BCUT2D eigenvalue weighted by atomic mass is 32.2. The summed E-state index contributed by atoms with van der Waals surface area (Å²) in [6.07, 6.45) is 1.45. The molecule has 0 bridgehead atoms. The molecule has 29 heavy (non-hydrogen) atoms. The van der Waals surface area contributed by atoms with Gasteiger partial charge in [0.05, 0.1) is 16.3 Å². The van der Waals surface area contributed by atoms with E-state index in [1.165, 1.54) is 4.31 Å². The first-order chi connectivity index (χ1) is 13.5. The maximum absolute atomic E-state index is 13.0. The van der Waals surface area contributed by atoms with Crippen LogP contribution in [0.1, 0.15) is 49.3 Å². The standard InChI is InChI=1S/C21H28N2O4S2/c1-15(2)18-7-9-19(10-8-18)22-29(26,27)21-16(3)13-20(14-17(21)4)23-11-5-6-12-28(23,24)25/h7-10,13-15,22H,5-6,11-12H2,1-4H3. The van der Waals surface area contributed by atoms with Gasteiger partial charge in [0.1, 0.15) is 0 Å². The molecule has 6 nitrogen and oxygen atoms in total. The molecule has 0 aromatic heterocycles. The number of nitrogens with one attached hydrogen (secondary N) is 1. The fourth-order valence-electron chi connectivity index (χ4n) is 3.72. The van der Waals surface area contributed by atoms with Gasteiger partial charge in [-0.3, -0.25) is 9.03 Å². The second-order valence-corrected chi connectivity index (χ2v) is 11.5. The number of anilines is 2. The van der Waals surface area contributed by atoms with Gasteiger partial charge in [-0.2, -0.15) is 0 Å². The van der Waals surface area contributed by atoms with E-state index in [1.54, 1.807) is 38.1 Å². The summed E-state index contributed by atoms with van der Waals surface area (Å²) in [7, 11) is -7.15. The predicted octanol–water partition coefficient (Wildman–Crippen LogP) is 4.16. The molecule has 2 aromatic rings. The number of nitrogens with zero attached hydrogens (tertiary/aromatic N) is 1. The second kappa shape index (κ2) is 7.99. The summed E-state index contributed by atoms with van der Waals surface area (Å²) in [5.74, 6) is 0.489. The summed E-state index contributed by atoms with van der Waals surface area (Å²) >= 11 is 0.